The standard InChI is InChI=1S/C17H19NO3/c1-13-4-7-16(21-13)10-11-17(19)18(2)12-14-5-8-15(20-3)9-6-14/h4-11H,12H2,1-3H3/b11-10+. The van der Waals surface area contributed by atoms with Crippen molar-refractivity contribution in [3.63, 3.8) is 0 Å². The van der Waals surface area contributed by atoms with Gasteiger partial charge in [-0.15, -0.1) is 0 Å². The third-order valence-corrected chi connectivity index (χ3v) is 3.11. The lowest BCUT2D eigenvalue weighted by Gasteiger charge is -2.15. The summed E-state index contributed by atoms with van der Waals surface area (Å²) in [7, 11) is 3.40. The first-order valence-corrected chi connectivity index (χ1v) is 6.71. The van der Waals surface area contributed by atoms with Crippen molar-refractivity contribution in [2.45, 2.75) is 13.5 Å². The van der Waals surface area contributed by atoms with Crippen molar-refractivity contribution < 1.29 is 13.9 Å². The van der Waals surface area contributed by atoms with Gasteiger partial charge in [0.25, 0.3) is 0 Å². The predicted molar refractivity (Wildman–Crippen MR) is 81.9 cm³/mol. The predicted octanol–water partition coefficient (Wildman–Crippen LogP) is 3.27. The molecule has 0 aliphatic heterocycles. The van der Waals surface area contributed by atoms with Gasteiger partial charge in [0.2, 0.25) is 5.91 Å². The fraction of sp³-hybridized carbons (Fsp3) is 0.235. The molecule has 0 atom stereocenters. The number of methoxy groups -OCH3 is 1. The van der Waals surface area contributed by atoms with Gasteiger partial charge in [-0.25, -0.2) is 0 Å². The monoisotopic (exact) mass is 285 g/mol. The third kappa shape index (κ3) is 4.24. The number of likely N-dealkylation sites (N-methyl/N-ethyl adjacent to an activating group) is 1. The van der Waals surface area contributed by atoms with Crippen LogP contribution in [0.3, 0.4) is 0 Å². The Hall–Kier alpha value is -2.49. The first kappa shape index (κ1) is 14.9. The van der Waals surface area contributed by atoms with Gasteiger partial charge in [-0.2, -0.15) is 0 Å². The molecule has 1 heterocycles. The van der Waals surface area contributed by atoms with Crippen LogP contribution >= 0.6 is 0 Å². The van der Waals surface area contributed by atoms with Crippen LogP contribution in [-0.2, 0) is 11.3 Å². The van der Waals surface area contributed by atoms with Crippen molar-refractivity contribution in [2.75, 3.05) is 14.2 Å². The van der Waals surface area contributed by atoms with Gasteiger partial charge >= 0.3 is 0 Å². The van der Waals surface area contributed by atoms with Crippen molar-refractivity contribution in [2.24, 2.45) is 0 Å². The van der Waals surface area contributed by atoms with Gasteiger partial charge in [0.05, 0.1) is 7.11 Å². The van der Waals surface area contributed by atoms with Crippen LogP contribution in [0, 0.1) is 6.92 Å². The molecule has 0 aliphatic rings. The van der Waals surface area contributed by atoms with Crippen molar-refractivity contribution >= 4 is 12.0 Å². The molecule has 2 aromatic rings. The molecule has 110 valence electrons. The second-order valence-corrected chi connectivity index (χ2v) is 4.82. The maximum absolute atomic E-state index is 12.0. The van der Waals surface area contributed by atoms with E-state index in [2.05, 4.69) is 0 Å². The Morgan fingerprint density at radius 1 is 1.24 bits per heavy atom. The van der Waals surface area contributed by atoms with Gasteiger partial charge < -0.3 is 14.1 Å². The van der Waals surface area contributed by atoms with E-state index in [0.29, 0.717) is 12.3 Å². The van der Waals surface area contributed by atoms with Crippen LogP contribution < -0.4 is 4.74 Å². The summed E-state index contributed by atoms with van der Waals surface area (Å²) in [5.74, 6) is 2.24. The molecule has 1 aromatic carbocycles. The minimum Gasteiger partial charge on any atom is -0.497 e. The molecule has 0 saturated heterocycles. The van der Waals surface area contributed by atoms with Crippen LogP contribution in [0.25, 0.3) is 6.08 Å². The number of benzene rings is 1. The minimum absolute atomic E-state index is 0.0696. The summed E-state index contributed by atoms with van der Waals surface area (Å²) < 4.78 is 10.5. The topological polar surface area (TPSA) is 42.7 Å². The van der Waals surface area contributed by atoms with Crippen LogP contribution in [0.4, 0.5) is 0 Å². The van der Waals surface area contributed by atoms with Gasteiger partial charge in [0.1, 0.15) is 17.3 Å². The number of furan rings is 1. The lowest BCUT2D eigenvalue weighted by atomic mass is 10.2. The number of nitrogens with zero attached hydrogens (tertiary/aromatic N) is 1. The fourth-order valence-electron chi connectivity index (χ4n) is 1.91. The van der Waals surface area contributed by atoms with Crippen molar-refractivity contribution in [3.8, 4) is 5.75 Å². The highest BCUT2D eigenvalue weighted by Crippen LogP contribution is 2.13. The molecule has 1 aromatic heterocycles. The normalized spacial score (nSPS) is 10.8. The maximum Gasteiger partial charge on any atom is 0.246 e. The quantitative estimate of drug-likeness (QED) is 0.792. The molecule has 2 rings (SSSR count). The van der Waals surface area contributed by atoms with E-state index in [1.807, 2.05) is 43.3 Å². The molecule has 1 amide bonds. The Morgan fingerprint density at radius 2 is 1.95 bits per heavy atom. The van der Waals surface area contributed by atoms with Crippen LogP contribution in [0.2, 0.25) is 0 Å². The van der Waals surface area contributed by atoms with E-state index in [1.165, 1.54) is 6.08 Å². The summed E-state index contributed by atoms with van der Waals surface area (Å²) in [6.45, 7) is 2.42. The number of aryl methyl sites for hydroxylation is 1. The summed E-state index contributed by atoms with van der Waals surface area (Å²) in [4.78, 5) is 13.7. The number of ether oxygens (including phenoxy) is 1. The molecule has 0 aliphatic carbocycles. The largest absolute Gasteiger partial charge is 0.497 e. The molecular formula is C17H19NO3. The molecule has 4 nitrogen and oxygen atoms in total. The Kier molecular flexibility index (Phi) is 4.82. The summed E-state index contributed by atoms with van der Waals surface area (Å²) in [5.41, 5.74) is 1.05. The molecule has 0 radical (unpaired) electrons. The van der Waals surface area contributed by atoms with Gasteiger partial charge in [0, 0.05) is 19.7 Å². The van der Waals surface area contributed by atoms with Gasteiger partial charge in [-0.3, -0.25) is 4.79 Å². The zero-order valence-corrected chi connectivity index (χ0v) is 12.5. The van der Waals surface area contributed by atoms with Gasteiger partial charge in [0.15, 0.2) is 0 Å². The lowest BCUT2D eigenvalue weighted by Crippen LogP contribution is -2.24. The van der Waals surface area contributed by atoms with E-state index in [4.69, 9.17) is 9.15 Å². The van der Waals surface area contributed by atoms with E-state index >= 15 is 0 Å². The second kappa shape index (κ2) is 6.79. The number of carbonyl (C=O) groups excluding carboxylic acids is 1. The van der Waals surface area contributed by atoms with Crippen molar-refractivity contribution in [1.29, 1.82) is 0 Å². The SMILES string of the molecule is COc1ccc(CN(C)C(=O)/C=C/c2ccc(C)o2)cc1. The van der Waals surface area contributed by atoms with Crippen LogP contribution in [-0.4, -0.2) is 25.0 Å². The zero-order chi connectivity index (χ0) is 15.2. The average Bonchev–Trinajstić information content (AvgIpc) is 2.91. The fourth-order valence-corrected chi connectivity index (χ4v) is 1.91. The second-order valence-electron chi connectivity index (χ2n) is 4.82. The highest BCUT2D eigenvalue weighted by molar-refractivity contribution is 5.91. The summed E-state index contributed by atoms with van der Waals surface area (Å²) in [5, 5.41) is 0. The Labute approximate surface area is 124 Å². The molecule has 0 fully saturated rings. The maximum atomic E-state index is 12.0. The molecule has 0 unspecified atom stereocenters. The summed E-state index contributed by atoms with van der Waals surface area (Å²) >= 11 is 0. The van der Waals surface area contributed by atoms with Crippen molar-refractivity contribution in [3.05, 3.63) is 59.6 Å². The first-order chi connectivity index (χ1) is 10.1. The highest BCUT2D eigenvalue weighted by Gasteiger charge is 2.06. The summed E-state index contributed by atoms with van der Waals surface area (Å²) in [6.07, 6.45) is 3.20. The van der Waals surface area contributed by atoms with Crippen LogP contribution in [0.1, 0.15) is 17.1 Å². The molecule has 0 N–H and O–H groups in total. The number of carbonyl (C=O) groups is 1. The van der Waals surface area contributed by atoms with E-state index in [0.717, 1.165) is 17.1 Å². The Morgan fingerprint density at radius 3 is 2.52 bits per heavy atom. The van der Waals surface area contributed by atoms with Crippen LogP contribution in [0.15, 0.2) is 46.9 Å². The number of hydrogen-bond donors (Lipinski definition) is 0. The third-order valence-electron chi connectivity index (χ3n) is 3.11. The molecule has 0 bridgehead atoms. The van der Waals surface area contributed by atoms with E-state index < -0.39 is 0 Å². The number of hydrogen-bond acceptors (Lipinski definition) is 3. The number of rotatable bonds is 5. The molecule has 21 heavy (non-hydrogen) atoms. The minimum atomic E-state index is -0.0696. The average molecular weight is 285 g/mol. The molecule has 0 spiro atoms. The van der Waals surface area contributed by atoms with Gasteiger partial charge in [-0.05, 0) is 42.8 Å². The first-order valence-electron chi connectivity index (χ1n) is 6.71. The van der Waals surface area contributed by atoms with Crippen molar-refractivity contribution in [1.82, 2.24) is 4.90 Å². The van der Waals surface area contributed by atoms with Gasteiger partial charge in [-0.1, -0.05) is 12.1 Å². The van der Waals surface area contributed by atoms with Crippen LogP contribution in [0.5, 0.6) is 5.75 Å². The molecule has 4 heteroatoms. The lowest BCUT2D eigenvalue weighted by molar-refractivity contribution is -0.125. The van der Waals surface area contributed by atoms with E-state index in [-0.39, 0.29) is 5.91 Å². The Balaban J connectivity index is 1.93. The highest BCUT2D eigenvalue weighted by atomic mass is 16.5. The number of amides is 1. The molecular weight excluding hydrogens is 266 g/mol. The van der Waals surface area contributed by atoms with E-state index in [1.54, 1.807) is 25.1 Å². The smallest absolute Gasteiger partial charge is 0.246 e. The molecule has 0 saturated carbocycles. The Bertz CT molecular complexity index is 626. The van der Waals surface area contributed by atoms with E-state index in [9.17, 15) is 4.79 Å². The zero-order valence-electron chi connectivity index (χ0n) is 12.5. The summed E-state index contributed by atoms with van der Waals surface area (Å²) in [6, 6.07) is 11.4.